The van der Waals surface area contributed by atoms with Crippen LogP contribution in [0.2, 0.25) is 0 Å². The van der Waals surface area contributed by atoms with Gasteiger partial charge in [-0.2, -0.15) is 0 Å². The van der Waals surface area contributed by atoms with Crippen molar-refractivity contribution in [1.29, 1.82) is 0 Å². The lowest BCUT2D eigenvalue weighted by molar-refractivity contribution is -0.119. The van der Waals surface area contributed by atoms with Gasteiger partial charge in [-0.25, -0.2) is 4.99 Å². The van der Waals surface area contributed by atoms with E-state index in [4.69, 9.17) is 0 Å². The fraction of sp³-hybridized carbons (Fsp3) is 0.111. The van der Waals surface area contributed by atoms with E-state index in [-0.39, 0.29) is 11.8 Å². The number of allylic oxidation sites excluding steroid dienone is 4. The van der Waals surface area contributed by atoms with Gasteiger partial charge >= 0.3 is 0 Å². The standard InChI is InChI=1S/C9H6BrNO/c10-7-1-2-8-6(5-7)3-4-11-9(8)12/h1-5,8H. The van der Waals surface area contributed by atoms with E-state index in [0.29, 0.717) is 0 Å². The minimum atomic E-state index is -0.156. The Morgan fingerprint density at radius 3 is 3.17 bits per heavy atom. The average molecular weight is 224 g/mol. The van der Waals surface area contributed by atoms with Gasteiger partial charge in [-0.15, -0.1) is 0 Å². The number of aliphatic imine (C=N–C) groups is 1. The van der Waals surface area contributed by atoms with E-state index in [1.54, 1.807) is 6.21 Å². The van der Waals surface area contributed by atoms with Gasteiger partial charge in [-0.1, -0.05) is 28.1 Å². The van der Waals surface area contributed by atoms with Gasteiger partial charge in [0.15, 0.2) is 0 Å². The molecule has 3 heteroatoms. The Hall–Kier alpha value is -0.960. The highest BCUT2D eigenvalue weighted by atomic mass is 79.9. The lowest BCUT2D eigenvalue weighted by Crippen LogP contribution is -2.16. The first-order valence-corrected chi connectivity index (χ1v) is 4.40. The molecule has 1 atom stereocenters. The number of hydrogen-bond acceptors (Lipinski definition) is 1. The molecule has 1 aliphatic heterocycles. The van der Waals surface area contributed by atoms with Crippen molar-refractivity contribution in [2.24, 2.45) is 10.9 Å². The Labute approximate surface area is 78.5 Å². The van der Waals surface area contributed by atoms with Gasteiger partial charge in [0.2, 0.25) is 0 Å². The molecule has 0 N–H and O–H groups in total. The first-order valence-electron chi connectivity index (χ1n) is 3.61. The van der Waals surface area contributed by atoms with Crippen LogP contribution in [0, 0.1) is 5.92 Å². The molecular weight excluding hydrogens is 218 g/mol. The molecule has 0 fully saturated rings. The number of hydrogen-bond donors (Lipinski definition) is 0. The molecular formula is C9H6BrNO. The van der Waals surface area contributed by atoms with E-state index in [1.165, 1.54) is 0 Å². The summed E-state index contributed by atoms with van der Waals surface area (Å²) >= 11 is 3.35. The number of carbonyl (C=O) groups excluding carboxylic acids is 1. The summed E-state index contributed by atoms with van der Waals surface area (Å²) in [6.45, 7) is 0. The second kappa shape index (κ2) is 2.83. The highest BCUT2D eigenvalue weighted by molar-refractivity contribution is 9.11. The van der Waals surface area contributed by atoms with Crippen LogP contribution in [0.5, 0.6) is 0 Å². The number of fused-ring (bicyclic) bond motifs is 1. The van der Waals surface area contributed by atoms with E-state index in [2.05, 4.69) is 20.9 Å². The maximum Gasteiger partial charge on any atom is 0.257 e. The summed E-state index contributed by atoms with van der Waals surface area (Å²) in [5.41, 5.74) is 1.00. The summed E-state index contributed by atoms with van der Waals surface area (Å²) in [5, 5.41) is 0. The van der Waals surface area contributed by atoms with Crippen LogP contribution in [0.1, 0.15) is 0 Å². The summed E-state index contributed by atoms with van der Waals surface area (Å²) in [6, 6.07) is 0. The monoisotopic (exact) mass is 223 g/mol. The van der Waals surface area contributed by atoms with E-state index >= 15 is 0 Å². The first-order chi connectivity index (χ1) is 5.77. The van der Waals surface area contributed by atoms with Crippen LogP contribution in [0.25, 0.3) is 0 Å². The number of nitrogens with zero attached hydrogens (tertiary/aromatic N) is 1. The topological polar surface area (TPSA) is 29.4 Å². The molecule has 0 radical (unpaired) electrons. The zero-order chi connectivity index (χ0) is 8.55. The molecule has 0 saturated heterocycles. The predicted octanol–water partition coefficient (Wildman–Crippen LogP) is 1.99. The van der Waals surface area contributed by atoms with Crippen molar-refractivity contribution in [3.8, 4) is 0 Å². The molecule has 0 saturated carbocycles. The van der Waals surface area contributed by atoms with E-state index < -0.39 is 0 Å². The number of halogens is 1. The van der Waals surface area contributed by atoms with Crippen LogP contribution in [-0.4, -0.2) is 12.1 Å². The quantitative estimate of drug-likeness (QED) is 0.618. The summed E-state index contributed by atoms with van der Waals surface area (Å²) < 4.78 is 0.994. The van der Waals surface area contributed by atoms with Gasteiger partial charge in [-0.05, 0) is 17.7 Å². The van der Waals surface area contributed by atoms with Crippen molar-refractivity contribution < 1.29 is 4.79 Å². The van der Waals surface area contributed by atoms with Gasteiger partial charge in [-0.3, -0.25) is 4.79 Å². The van der Waals surface area contributed by atoms with Crippen molar-refractivity contribution in [3.05, 3.63) is 34.4 Å². The van der Waals surface area contributed by atoms with Gasteiger partial charge < -0.3 is 0 Å². The van der Waals surface area contributed by atoms with Crippen LogP contribution >= 0.6 is 15.9 Å². The summed E-state index contributed by atoms with van der Waals surface area (Å²) in [7, 11) is 0. The maximum atomic E-state index is 11.2. The molecule has 2 nitrogen and oxygen atoms in total. The Balaban J connectivity index is 2.43. The van der Waals surface area contributed by atoms with Gasteiger partial charge in [0, 0.05) is 10.7 Å². The van der Waals surface area contributed by atoms with Crippen LogP contribution in [0.15, 0.2) is 39.4 Å². The van der Waals surface area contributed by atoms with Gasteiger partial charge in [0.05, 0.1) is 5.92 Å². The molecule has 2 rings (SSSR count). The molecule has 0 bridgehead atoms. The lowest BCUT2D eigenvalue weighted by atomic mass is 9.92. The summed E-state index contributed by atoms with van der Waals surface area (Å²) in [4.78, 5) is 14.9. The Bertz CT molecular complexity index is 350. The lowest BCUT2D eigenvalue weighted by Gasteiger charge is -2.16. The van der Waals surface area contributed by atoms with E-state index in [9.17, 15) is 4.79 Å². The largest absolute Gasteiger partial charge is 0.272 e. The van der Waals surface area contributed by atoms with E-state index in [1.807, 2.05) is 24.3 Å². The maximum absolute atomic E-state index is 11.2. The molecule has 1 amide bonds. The van der Waals surface area contributed by atoms with Crippen molar-refractivity contribution >= 4 is 28.1 Å². The molecule has 1 unspecified atom stereocenters. The Morgan fingerprint density at radius 1 is 1.50 bits per heavy atom. The number of carbonyl (C=O) groups is 1. The molecule has 12 heavy (non-hydrogen) atoms. The average Bonchev–Trinajstić information content (AvgIpc) is 2.04. The normalized spacial score (nSPS) is 26.4. The molecule has 1 aliphatic carbocycles. The molecule has 60 valence electrons. The van der Waals surface area contributed by atoms with Crippen LogP contribution in [0.3, 0.4) is 0 Å². The van der Waals surface area contributed by atoms with Gasteiger partial charge in [0.25, 0.3) is 5.91 Å². The minimum Gasteiger partial charge on any atom is -0.272 e. The Morgan fingerprint density at radius 2 is 2.33 bits per heavy atom. The second-order valence-electron chi connectivity index (χ2n) is 2.65. The second-order valence-corrected chi connectivity index (χ2v) is 3.56. The fourth-order valence-electron chi connectivity index (χ4n) is 1.25. The summed E-state index contributed by atoms with van der Waals surface area (Å²) in [6.07, 6.45) is 9.07. The number of amides is 1. The number of rotatable bonds is 0. The highest BCUT2D eigenvalue weighted by Gasteiger charge is 2.22. The smallest absolute Gasteiger partial charge is 0.257 e. The zero-order valence-electron chi connectivity index (χ0n) is 6.20. The minimum absolute atomic E-state index is 0.0833. The molecule has 0 aromatic heterocycles. The number of dihydropyridines is 1. The third-order valence-electron chi connectivity index (χ3n) is 1.85. The van der Waals surface area contributed by atoms with Crippen molar-refractivity contribution in [2.45, 2.75) is 0 Å². The van der Waals surface area contributed by atoms with Crippen LogP contribution in [-0.2, 0) is 4.79 Å². The molecule has 0 aromatic carbocycles. The van der Waals surface area contributed by atoms with Crippen molar-refractivity contribution in [2.75, 3.05) is 0 Å². The van der Waals surface area contributed by atoms with Crippen LogP contribution < -0.4 is 0 Å². The molecule has 0 aromatic rings. The molecule has 2 aliphatic rings. The zero-order valence-corrected chi connectivity index (χ0v) is 7.78. The third kappa shape index (κ3) is 1.20. The van der Waals surface area contributed by atoms with Gasteiger partial charge in [0.1, 0.15) is 0 Å². The SMILES string of the molecule is O=C1N=CC=C2C=C(Br)C=CC12. The third-order valence-corrected chi connectivity index (χ3v) is 2.34. The molecule has 1 heterocycles. The predicted molar refractivity (Wildman–Crippen MR) is 51.2 cm³/mol. The van der Waals surface area contributed by atoms with Crippen LogP contribution in [0.4, 0.5) is 0 Å². The van der Waals surface area contributed by atoms with E-state index in [0.717, 1.165) is 10.1 Å². The molecule has 0 spiro atoms. The summed E-state index contributed by atoms with van der Waals surface area (Å²) in [5.74, 6) is -0.240. The fourth-order valence-corrected chi connectivity index (χ4v) is 1.67. The van der Waals surface area contributed by atoms with Crippen molar-refractivity contribution in [1.82, 2.24) is 0 Å². The first kappa shape index (κ1) is 7.68. The van der Waals surface area contributed by atoms with Crippen molar-refractivity contribution in [3.63, 3.8) is 0 Å². The Kier molecular flexibility index (Phi) is 1.81. The highest BCUT2D eigenvalue weighted by Crippen LogP contribution is 2.27.